The number of thiophene rings is 1. The van der Waals surface area contributed by atoms with Gasteiger partial charge in [-0.1, -0.05) is 78.3 Å². The van der Waals surface area contributed by atoms with Gasteiger partial charge < -0.3 is 20.3 Å². The topological polar surface area (TPSA) is 98.9 Å². The molecule has 0 spiro atoms. The number of alkyl halides is 1. The number of esters is 2. The van der Waals surface area contributed by atoms with Crippen LogP contribution in [0, 0.1) is 0 Å². The normalized spacial score (nSPS) is 13.2. The van der Waals surface area contributed by atoms with Crippen molar-refractivity contribution in [1.82, 2.24) is 0 Å². The van der Waals surface area contributed by atoms with Crippen molar-refractivity contribution in [3.05, 3.63) is 94.2 Å². The number of halogens is 1. The third kappa shape index (κ3) is 5.95. The molecule has 168 valence electrons. The molecule has 0 bridgehead atoms. The molecule has 0 radical (unpaired) electrons. The second-order valence-electron chi connectivity index (χ2n) is 7.23. The lowest BCUT2D eigenvalue weighted by molar-refractivity contribution is -0.166. The first-order valence-electron chi connectivity index (χ1n) is 9.98. The third-order valence-corrected chi connectivity index (χ3v) is 6.28. The van der Waals surface area contributed by atoms with Crippen LogP contribution in [-0.2, 0) is 38.7 Å². The molecule has 0 aliphatic carbocycles. The molecule has 2 atom stereocenters. The van der Waals surface area contributed by atoms with Crippen molar-refractivity contribution in [2.75, 3.05) is 0 Å². The van der Waals surface area contributed by atoms with Crippen molar-refractivity contribution in [2.45, 2.75) is 36.7 Å². The van der Waals surface area contributed by atoms with E-state index in [9.17, 15) is 14.7 Å². The number of nitrogens with two attached hydrogens (primary N) is 1. The second-order valence-corrected chi connectivity index (χ2v) is 8.86. The van der Waals surface area contributed by atoms with Crippen LogP contribution >= 0.6 is 22.9 Å². The molecule has 2 unspecified atom stereocenters. The highest BCUT2D eigenvalue weighted by atomic mass is 35.5. The number of aliphatic hydroxyl groups is 1. The average Bonchev–Trinajstić information content (AvgIpc) is 3.34. The summed E-state index contributed by atoms with van der Waals surface area (Å²) in [6.07, 6.45) is -1.51. The summed E-state index contributed by atoms with van der Waals surface area (Å²) >= 11 is 7.93. The van der Waals surface area contributed by atoms with Crippen LogP contribution in [0.5, 0.6) is 0 Å². The van der Waals surface area contributed by atoms with E-state index >= 15 is 0 Å². The SMILES string of the molecule is NC(Cc1cccs1)C(O)C(Cl)(C(=O)OCc1ccccc1)C(=O)OCc1ccccc1. The van der Waals surface area contributed by atoms with Crippen molar-refractivity contribution in [3.8, 4) is 0 Å². The molecular formula is C24H24ClNO5S. The number of ether oxygens (including phenoxy) is 2. The molecule has 1 aromatic heterocycles. The fourth-order valence-corrected chi connectivity index (χ4v) is 4.10. The Kier molecular flexibility index (Phi) is 8.41. The van der Waals surface area contributed by atoms with Crippen LogP contribution in [0.4, 0.5) is 0 Å². The fraction of sp³-hybridized carbons (Fsp3) is 0.250. The van der Waals surface area contributed by atoms with E-state index in [0.717, 1.165) is 4.88 Å². The van der Waals surface area contributed by atoms with E-state index in [1.807, 2.05) is 29.6 Å². The predicted octanol–water partition coefficient (Wildman–Crippen LogP) is 3.44. The van der Waals surface area contributed by atoms with E-state index in [4.69, 9.17) is 26.8 Å². The van der Waals surface area contributed by atoms with E-state index in [2.05, 4.69) is 0 Å². The number of aliphatic hydroxyl groups excluding tert-OH is 1. The number of hydrogen-bond acceptors (Lipinski definition) is 7. The van der Waals surface area contributed by atoms with Gasteiger partial charge in [-0.3, -0.25) is 0 Å². The summed E-state index contributed by atoms with van der Waals surface area (Å²) in [4.78, 5) is 24.3. The van der Waals surface area contributed by atoms with Gasteiger partial charge >= 0.3 is 11.9 Å². The smallest absolute Gasteiger partial charge is 0.342 e. The number of hydrogen-bond donors (Lipinski definition) is 2. The highest BCUT2D eigenvalue weighted by Gasteiger charge is 2.55. The Labute approximate surface area is 195 Å². The molecule has 3 aromatic rings. The summed E-state index contributed by atoms with van der Waals surface area (Å²) in [5.41, 5.74) is 7.55. The van der Waals surface area contributed by atoms with Crippen LogP contribution in [-0.4, -0.2) is 34.1 Å². The summed E-state index contributed by atoms with van der Waals surface area (Å²) < 4.78 is 10.6. The number of benzene rings is 2. The van der Waals surface area contributed by atoms with Crippen molar-refractivity contribution in [3.63, 3.8) is 0 Å². The minimum Gasteiger partial charge on any atom is -0.459 e. The van der Waals surface area contributed by atoms with Gasteiger partial charge in [0, 0.05) is 10.9 Å². The van der Waals surface area contributed by atoms with Crippen molar-refractivity contribution < 1.29 is 24.2 Å². The van der Waals surface area contributed by atoms with Gasteiger partial charge in [0.15, 0.2) is 0 Å². The van der Waals surface area contributed by atoms with Crippen molar-refractivity contribution >= 4 is 34.9 Å². The molecule has 0 fully saturated rings. The highest BCUT2D eigenvalue weighted by molar-refractivity contribution is 7.09. The fourth-order valence-electron chi connectivity index (χ4n) is 3.05. The molecule has 1 heterocycles. The third-order valence-electron chi connectivity index (χ3n) is 4.85. The minimum absolute atomic E-state index is 0.118. The average molecular weight is 474 g/mol. The van der Waals surface area contributed by atoms with Crippen LogP contribution in [0.3, 0.4) is 0 Å². The Balaban J connectivity index is 1.77. The van der Waals surface area contributed by atoms with Gasteiger partial charge in [0.1, 0.15) is 19.3 Å². The van der Waals surface area contributed by atoms with Gasteiger partial charge in [0.05, 0.1) is 0 Å². The quantitative estimate of drug-likeness (QED) is 0.266. The zero-order valence-electron chi connectivity index (χ0n) is 17.2. The summed E-state index contributed by atoms with van der Waals surface area (Å²) in [5, 5.41) is 12.8. The van der Waals surface area contributed by atoms with Crippen LogP contribution in [0.25, 0.3) is 0 Å². The Morgan fingerprint density at radius 3 is 1.84 bits per heavy atom. The van der Waals surface area contributed by atoms with Crippen LogP contribution < -0.4 is 5.73 Å². The molecule has 32 heavy (non-hydrogen) atoms. The molecule has 0 saturated carbocycles. The molecule has 0 aliphatic rings. The monoisotopic (exact) mass is 473 g/mol. The van der Waals surface area contributed by atoms with Crippen LogP contribution in [0.1, 0.15) is 16.0 Å². The van der Waals surface area contributed by atoms with Crippen LogP contribution in [0.15, 0.2) is 78.2 Å². The van der Waals surface area contributed by atoms with Crippen molar-refractivity contribution in [2.24, 2.45) is 5.73 Å². The highest BCUT2D eigenvalue weighted by Crippen LogP contribution is 2.29. The number of rotatable bonds is 10. The molecule has 3 N–H and O–H groups in total. The molecule has 8 heteroatoms. The lowest BCUT2D eigenvalue weighted by Gasteiger charge is -2.31. The lowest BCUT2D eigenvalue weighted by Crippen LogP contribution is -2.59. The van der Waals surface area contributed by atoms with Gasteiger partial charge in [-0.2, -0.15) is 0 Å². The molecular weight excluding hydrogens is 450 g/mol. The first-order valence-corrected chi connectivity index (χ1v) is 11.2. The summed E-state index contributed by atoms with van der Waals surface area (Å²) in [6, 6.07) is 20.5. The Morgan fingerprint density at radius 2 is 1.41 bits per heavy atom. The van der Waals surface area contributed by atoms with Crippen molar-refractivity contribution in [1.29, 1.82) is 0 Å². The summed E-state index contributed by atoms with van der Waals surface area (Å²) in [6.45, 7) is -0.236. The summed E-state index contributed by atoms with van der Waals surface area (Å²) in [5.74, 6) is -2.23. The van der Waals surface area contributed by atoms with E-state index in [1.165, 1.54) is 11.3 Å². The Morgan fingerprint density at radius 1 is 0.906 bits per heavy atom. The zero-order valence-corrected chi connectivity index (χ0v) is 18.8. The lowest BCUT2D eigenvalue weighted by atomic mass is 9.93. The first-order chi connectivity index (χ1) is 15.4. The standard InChI is InChI=1S/C24H24ClNO5S/c25-24(21(27)20(26)14-19-12-7-13-32-19,22(28)30-15-17-8-3-1-4-9-17)23(29)31-16-18-10-5-2-6-11-18/h1-13,20-21,27H,14-16,26H2. The van der Waals surface area contributed by atoms with E-state index < -0.39 is 29.0 Å². The molecule has 0 aliphatic heterocycles. The van der Waals surface area contributed by atoms with E-state index in [-0.39, 0.29) is 19.6 Å². The summed E-state index contributed by atoms with van der Waals surface area (Å²) in [7, 11) is 0. The molecule has 6 nitrogen and oxygen atoms in total. The zero-order chi connectivity index (χ0) is 23.0. The Hall–Kier alpha value is -2.71. The van der Waals surface area contributed by atoms with E-state index in [1.54, 1.807) is 48.5 Å². The molecule has 0 saturated heterocycles. The van der Waals surface area contributed by atoms with Gasteiger partial charge in [0.2, 0.25) is 0 Å². The number of carbonyl (C=O) groups excluding carboxylic acids is 2. The number of carbonyl (C=O) groups is 2. The minimum atomic E-state index is -2.51. The molecule has 2 aromatic carbocycles. The van der Waals surface area contributed by atoms with Gasteiger partial charge in [-0.25, -0.2) is 9.59 Å². The Bertz CT molecular complexity index is 942. The maximum Gasteiger partial charge on any atom is 0.342 e. The second kappa shape index (κ2) is 11.2. The predicted molar refractivity (Wildman–Crippen MR) is 123 cm³/mol. The molecule has 0 amide bonds. The molecule has 3 rings (SSSR count). The maximum absolute atomic E-state index is 13.0. The first kappa shape index (κ1) is 23.9. The van der Waals surface area contributed by atoms with Gasteiger partial charge in [0.25, 0.3) is 4.87 Å². The van der Waals surface area contributed by atoms with E-state index in [0.29, 0.717) is 11.1 Å². The van der Waals surface area contributed by atoms with Gasteiger partial charge in [-0.15, -0.1) is 11.3 Å². The maximum atomic E-state index is 13.0. The van der Waals surface area contributed by atoms with Crippen LogP contribution in [0.2, 0.25) is 0 Å². The largest absolute Gasteiger partial charge is 0.459 e. The van der Waals surface area contributed by atoms with Gasteiger partial charge in [-0.05, 0) is 29.0 Å².